The number of halogens is 1. The second-order valence-electron chi connectivity index (χ2n) is 2.37. The first-order valence-electron chi connectivity index (χ1n) is 3.44. The van der Waals surface area contributed by atoms with Crippen molar-refractivity contribution in [1.29, 1.82) is 0 Å². The molecule has 0 saturated heterocycles. The number of para-hydroxylation sites is 1. The SMILES string of the molecule is Sc1cccc2nc(CBr)oc12. The van der Waals surface area contributed by atoms with E-state index in [9.17, 15) is 0 Å². The number of fused-ring (bicyclic) bond motifs is 1. The molecule has 62 valence electrons. The second-order valence-corrected chi connectivity index (χ2v) is 3.41. The summed E-state index contributed by atoms with van der Waals surface area (Å²) in [6.07, 6.45) is 0. The van der Waals surface area contributed by atoms with Crippen molar-refractivity contribution >= 4 is 39.7 Å². The predicted molar refractivity (Wildman–Crippen MR) is 53.9 cm³/mol. The highest BCUT2D eigenvalue weighted by Gasteiger charge is 2.05. The van der Waals surface area contributed by atoms with Gasteiger partial charge in [-0.2, -0.15) is 0 Å². The lowest BCUT2D eigenvalue weighted by atomic mass is 10.3. The molecule has 0 aliphatic carbocycles. The molecule has 0 aliphatic heterocycles. The quantitative estimate of drug-likeness (QED) is 0.616. The lowest BCUT2D eigenvalue weighted by Gasteiger charge is -1.88. The summed E-state index contributed by atoms with van der Waals surface area (Å²) in [5, 5.41) is 0.634. The van der Waals surface area contributed by atoms with Crippen LogP contribution in [0.3, 0.4) is 0 Å². The molecular formula is C8H6BrNOS. The molecule has 2 aromatic rings. The lowest BCUT2D eigenvalue weighted by molar-refractivity contribution is 0.552. The number of thiol groups is 1. The van der Waals surface area contributed by atoms with Gasteiger partial charge in [0.05, 0.1) is 5.33 Å². The Balaban J connectivity index is 2.74. The van der Waals surface area contributed by atoms with E-state index >= 15 is 0 Å². The molecule has 2 nitrogen and oxygen atoms in total. The molecule has 0 N–H and O–H groups in total. The summed E-state index contributed by atoms with van der Waals surface area (Å²) >= 11 is 7.53. The molecular weight excluding hydrogens is 238 g/mol. The molecule has 12 heavy (non-hydrogen) atoms. The van der Waals surface area contributed by atoms with E-state index < -0.39 is 0 Å². The maximum atomic E-state index is 5.41. The van der Waals surface area contributed by atoms with Crippen molar-refractivity contribution in [2.24, 2.45) is 0 Å². The monoisotopic (exact) mass is 243 g/mol. The third-order valence-corrected chi connectivity index (χ3v) is 2.38. The molecule has 0 atom stereocenters. The Morgan fingerprint density at radius 3 is 3.00 bits per heavy atom. The molecule has 0 bridgehead atoms. The molecule has 2 rings (SSSR count). The number of alkyl halides is 1. The maximum absolute atomic E-state index is 5.41. The number of hydrogen-bond acceptors (Lipinski definition) is 3. The van der Waals surface area contributed by atoms with Gasteiger partial charge in [0, 0.05) is 4.90 Å². The van der Waals surface area contributed by atoms with Crippen molar-refractivity contribution in [1.82, 2.24) is 4.98 Å². The first-order valence-corrected chi connectivity index (χ1v) is 5.01. The highest BCUT2D eigenvalue weighted by Crippen LogP contribution is 2.23. The highest BCUT2D eigenvalue weighted by molar-refractivity contribution is 9.08. The van der Waals surface area contributed by atoms with Crippen LogP contribution in [-0.2, 0) is 5.33 Å². The topological polar surface area (TPSA) is 26.0 Å². The third kappa shape index (κ3) is 1.25. The summed E-state index contributed by atoms with van der Waals surface area (Å²) in [5.41, 5.74) is 1.62. The molecule has 1 heterocycles. The summed E-state index contributed by atoms with van der Waals surface area (Å²) in [6.45, 7) is 0. The van der Waals surface area contributed by atoms with Crippen molar-refractivity contribution in [2.45, 2.75) is 10.2 Å². The largest absolute Gasteiger partial charge is 0.439 e. The third-order valence-electron chi connectivity index (χ3n) is 1.55. The van der Waals surface area contributed by atoms with Crippen LogP contribution in [0.5, 0.6) is 0 Å². The molecule has 0 radical (unpaired) electrons. The van der Waals surface area contributed by atoms with Crippen LogP contribution in [0.4, 0.5) is 0 Å². The second kappa shape index (κ2) is 3.11. The molecule has 0 spiro atoms. The minimum atomic E-state index is 0.634. The van der Waals surface area contributed by atoms with Crippen molar-refractivity contribution in [3.8, 4) is 0 Å². The molecule has 1 aromatic heterocycles. The van der Waals surface area contributed by atoms with Crippen LogP contribution in [0.2, 0.25) is 0 Å². The van der Waals surface area contributed by atoms with Crippen LogP contribution in [0.1, 0.15) is 5.89 Å². The van der Waals surface area contributed by atoms with E-state index in [1.165, 1.54) is 0 Å². The van der Waals surface area contributed by atoms with Gasteiger partial charge in [-0.05, 0) is 12.1 Å². The molecule has 0 aliphatic rings. The van der Waals surface area contributed by atoms with Crippen molar-refractivity contribution in [2.75, 3.05) is 0 Å². The summed E-state index contributed by atoms with van der Waals surface area (Å²) < 4.78 is 5.41. The molecule has 4 heteroatoms. The predicted octanol–water partition coefficient (Wildman–Crippen LogP) is 3.01. The maximum Gasteiger partial charge on any atom is 0.206 e. The number of rotatable bonds is 1. The van der Waals surface area contributed by atoms with E-state index in [2.05, 4.69) is 33.5 Å². The Kier molecular flexibility index (Phi) is 2.11. The highest BCUT2D eigenvalue weighted by atomic mass is 79.9. The van der Waals surface area contributed by atoms with Gasteiger partial charge in [0.1, 0.15) is 5.52 Å². The van der Waals surface area contributed by atoms with E-state index in [0.717, 1.165) is 16.0 Å². The van der Waals surface area contributed by atoms with Gasteiger partial charge < -0.3 is 4.42 Å². The van der Waals surface area contributed by atoms with E-state index in [0.29, 0.717) is 11.2 Å². The Morgan fingerprint density at radius 1 is 1.50 bits per heavy atom. The number of benzene rings is 1. The molecule has 0 amide bonds. The number of oxazole rings is 1. The summed E-state index contributed by atoms with van der Waals surface area (Å²) in [7, 11) is 0. The average molecular weight is 244 g/mol. The Morgan fingerprint density at radius 2 is 2.33 bits per heavy atom. The molecule has 0 fully saturated rings. The van der Waals surface area contributed by atoms with Gasteiger partial charge in [-0.3, -0.25) is 0 Å². The van der Waals surface area contributed by atoms with Crippen molar-refractivity contribution in [3.63, 3.8) is 0 Å². The Labute approximate surface area is 83.5 Å². The van der Waals surface area contributed by atoms with E-state index in [4.69, 9.17) is 4.42 Å². The van der Waals surface area contributed by atoms with Crippen LogP contribution >= 0.6 is 28.6 Å². The number of nitrogens with zero attached hydrogens (tertiary/aromatic N) is 1. The zero-order chi connectivity index (χ0) is 8.55. The van der Waals surface area contributed by atoms with Gasteiger partial charge in [0.2, 0.25) is 5.89 Å². The average Bonchev–Trinajstić information content (AvgIpc) is 2.49. The summed E-state index contributed by atoms with van der Waals surface area (Å²) in [4.78, 5) is 5.06. The first-order chi connectivity index (χ1) is 5.81. The van der Waals surface area contributed by atoms with Gasteiger partial charge in [0.25, 0.3) is 0 Å². The number of aromatic nitrogens is 1. The van der Waals surface area contributed by atoms with Gasteiger partial charge in [-0.25, -0.2) is 4.98 Å². The smallest absolute Gasteiger partial charge is 0.206 e. The fourth-order valence-electron chi connectivity index (χ4n) is 1.04. The van der Waals surface area contributed by atoms with Crippen molar-refractivity contribution in [3.05, 3.63) is 24.1 Å². The Hall–Kier alpha value is -0.480. The zero-order valence-electron chi connectivity index (χ0n) is 6.12. The Bertz CT molecular complexity index is 412. The summed E-state index contributed by atoms with van der Waals surface area (Å²) in [5.74, 6) is 0.687. The van der Waals surface area contributed by atoms with Crippen LogP contribution in [0, 0.1) is 0 Å². The number of hydrogen-bond donors (Lipinski definition) is 1. The van der Waals surface area contributed by atoms with Gasteiger partial charge >= 0.3 is 0 Å². The van der Waals surface area contributed by atoms with E-state index in [1.807, 2.05) is 18.2 Å². The van der Waals surface area contributed by atoms with E-state index in [-0.39, 0.29) is 0 Å². The fraction of sp³-hybridized carbons (Fsp3) is 0.125. The fourth-order valence-corrected chi connectivity index (χ4v) is 1.52. The summed E-state index contributed by atoms with van der Waals surface area (Å²) in [6, 6.07) is 5.70. The molecule has 0 unspecified atom stereocenters. The lowest BCUT2D eigenvalue weighted by Crippen LogP contribution is -1.71. The standard InChI is InChI=1S/C8H6BrNOS/c9-4-7-10-5-2-1-3-6(12)8(5)11-7/h1-3,12H,4H2. The minimum Gasteiger partial charge on any atom is -0.439 e. The van der Waals surface area contributed by atoms with Gasteiger partial charge in [-0.1, -0.05) is 22.0 Å². The van der Waals surface area contributed by atoms with Crippen LogP contribution < -0.4 is 0 Å². The van der Waals surface area contributed by atoms with Crippen LogP contribution in [0.15, 0.2) is 27.5 Å². The van der Waals surface area contributed by atoms with Gasteiger partial charge in [-0.15, -0.1) is 12.6 Å². The van der Waals surface area contributed by atoms with Crippen molar-refractivity contribution < 1.29 is 4.42 Å². The normalized spacial score (nSPS) is 10.8. The van der Waals surface area contributed by atoms with E-state index in [1.54, 1.807) is 0 Å². The van der Waals surface area contributed by atoms with Crippen LogP contribution in [-0.4, -0.2) is 4.98 Å². The minimum absolute atomic E-state index is 0.634. The zero-order valence-corrected chi connectivity index (χ0v) is 8.60. The van der Waals surface area contributed by atoms with Gasteiger partial charge in [0.15, 0.2) is 5.58 Å². The molecule has 1 aromatic carbocycles. The van der Waals surface area contributed by atoms with Crippen LogP contribution in [0.25, 0.3) is 11.1 Å². The first kappa shape index (κ1) is 8.13. The molecule has 0 saturated carbocycles.